The number of amides is 1. The van der Waals surface area contributed by atoms with Crippen LogP contribution in [-0.2, 0) is 19.6 Å². The highest BCUT2D eigenvalue weighted by Gasteiger charge is 2.43. The van der Waals surface area contributed by atoms with E-state index in [1.54, 1.807) is 18.3 Å². The van der Waals surface area contributed by atoms with E-state index in [1.165, 1.54) is 6.20 Å². The van der Waals surface area contributed by atoms with Crippen molar-refractivity contribution in [3.05, 3.63) is 24.5 Å². The van der Waals surface area contributed by atoms with Crippen LogP contribution in [0, 0.1) is 5.92 Å². The van der Waals surface area contributed by atoms with Crippen LogP contribution in [0.15, 0.2) is 29.4 Å². The van der Waals surface area contributed by atoms with Gasteiger partial charge in [-0.25, -0.2) is 13.1 Å². The lowest BCUT2D eigenvalue weighted by Crippen LogP contribution is -2.60. The van der Waals surface area contributed by atoms with E-state index in [0.29, 0.717) is 26.1 Å². The van der Waals surface area contributed by atoms with Crippen molar-refractivity contribution in [3.63, 3.8) is 0 Å². The number of carbonyl (C=O) groups is 1. The van der Waals surface area contributed by atoms with Gasteiger partial charge in [0.1, 0.15) is 4.90 Å². The topological polar surface area (TPSA) is 88.6 Å². The second-order valence-electron chi connectivity index (χ2n) is 7.85. The van der Waals surface area contributed by atoms with E-state index in [-0.39, 0.29) is 34.8 Å². The maximum atomic E-state index is 13.1. The number of hydrogen-bond acceptors (Lipinski definition) is 5. The predicted molar refractivity (Wildman–Crippen MR) is 99.4 cm³/mol. The minimum atomic E-state index is -3.58. The number of carbonyl (C=O) groups excluding carboxylic acids is 1. The highest BCUT2D eigenvalue weighted by molar-refractivity contribution is 7.89. The zero-order valence-corrected chi connectivity index (χ0v) is 16.2. The van der Waals surface area contributed by atoms with E-state index in [1.807, 2.05) is 0 Å². The van der Waals surface area contributed by atoms with Crippen molar-refractivity contribution in [1.29, 1.82) is 0 Å². The third-order valence-corrected chi connectivity index (χ3v) is 7.57. The average Bonchev–Trinajstić information content (AvgIpc) is 2.68. The molecule has 1 aromatic heterocycles. The summed E-state index contributed by atoms with van der Waals surface area (Å²) in [5.41, 5.74) is 0. The van der Waals surface area contributed by atoms with Crippen molar-refractivity contribution < 1.29 is 17.9 Å². The molecule has 1 aromatic rings. The van der Waals surface area contributed by atoms with Gasteiger partial charge in [0.2, 0.25) is 15.9 Å². The zero-order valence-electron chi connectivity index (χ0n) is 15.4. The third kappa shape index (κ3) is 4.02. The molecule has 1 unspecified atom stereocenters. The first-order valence-electron chi connectivity index (χ1n) is 9.87. The molecule has 3 atom stereocenters. The summed E-state index contributed by atoms with van der Waals surface area (Å²) in [5, 5.41) is 0. The second kappa shape index (κ2) is 7.85. The van der Waals surface area contributed by atoms with E-state index in [0.717, 1.165) is 32.1 Å². The first-order valence-corrected chi connectivity index (χ1v) is 11.3. The smallest absolute Gasteiger partial charge is 0.242 e. The maximum Gasteiger partial charge on any atom is 0.242 e. The van der Waals surface area contributed by atoms with E-state index >= 15 is 0 Å². The molecule has 3 saturated heterocycles. The van der Waals surface area contributed by atoms with Crippen LogP contribution in [0.5, 0.6) is 0 Å². The van der Waals surface area contributed by atoms with Crippen LogP contribution in [0.1, 0.15) is 44.9 Å². The molecule has 148 valence electrons. The summed E-state index contributed by atoms with van der Waals surface area (Å²) in [4.78, 5) is 19.3. The molecule has 3 fully saturated rings. The van der Waals surface area contributed by atoms with Crippen LogP contribution in [0.25, 0.3) is 0 Å². The molecule has 0 aliphatic carbocycles. The van der Waals surface area contributed by atoms with Gasteiger partial charge in [-0.05, 0) is 57.1 Å². The summed E-state index contributed by atoms with van der Waals surface area (Å²) in [6.45, 7) is 1.32. The molecule has 0 spiro atoms. The summed E-state index contributed by atoms with van der Waals surface area (Å²) in [6, 6.07) is 3.31. The molecular formula is C19H27N3O4S. The normalized spacial score (nSPS) is 29.5. The van der Waals surface area contributed by atoms with Gasteiger partial charge in [-0.3, -0.25) is 9.78 Å². The van der Waals surface area contributed by atoms with E-state index < -0.39 is 10.0 Å². The van der Waals surface area contributed by atoms with Gasteiger partial charge in [-0.15, -0.1) is 0 Å². The number of fused-ring (bicyclic) bond motifs is 2. The third-order valence-electron chi connectivity index (χ3n) is 6.07. The van der Waals surface area contributed by atoms with Crippen LogP contribution >= 0.6 is 0 Å². The summed E-state index contributed by atoms with van der Waals surface area (Å²) in [6.07, 6.45) is 8.91. The van der Waals surface area contributed by atoms with Gasteiger partial charge in [0, 0.05) is 49.7 Å². The number of nitrogens with one attached hydrogen (secondary N) is 1. The average molecular weight is 394 g/mol. The Hall–Kier alpha value is -1.51. The van der Waals surface area contributed by atoms with Gasteiger partial charge in [-0.2, -0.15) is 0 Å². The van der Waals surface area contributed by atoms with Crippen LogP contribution < -0.4 is 4.72 Å². The van der Waals surface area contributed by atoms with Gasteiger partial charge in [0.25, 0.3) is 0 Å². The SMILES string of the molecule is O=C(C1CCOCC1)N1[C@@H]2CCC[C@H]1CC(NS(=O)(=O)c1cccnc1)C2. The molecule has 0 aromatic carbocycles. The van der Waals surface area contributed by atoms with Crippen molar-refractivity contribution in [2.75, 3.05) is 13.2 Å². The van der Waals surface area contributed by atoms with Crippen molar-refractivity contribution in [2.24, 2.45) is 5.92 Å². The van der Waals surface area contributed by atoms with E-state index in [9.17, 15) is 13.2 Å². The Bertz CT molecular complexity index is 750. The Balaban J connectivity index is 1.46. The minimum Gasteiger partial charge on any atom is -0.381 e. The maximum absolute atomic E-state index is 13.1. The highest BCUT2D eigenvalue weighted by atomic mass is 32.2. The lowest BCUT2D eigenvalue weighted by Gasteiger charge is -2.50. The standard InChI is InChI=1S/C19H27N3O4S/c23-19(14-6-9-26-10-7-14)22-16-3-1-4-17(22)12-15(11-16)21-27(24,25)18-5-2-8-20-13-18/h2,5,8,13-17,21H,1,3-4,6-7,9-12H2/t15?,16-,17+. The fraction of sp³-hybridized carbons (Fsp3) is 0.684. The molecule has 0 saturated carbocycles. The first-order chi connectivity index (χ1) is 13.0. The number of sulfonamides is 1. The largest absolute Gasteiger partial charge is 0.381 e. The van der Waals surface area contributed by atoms with E-state index in [4.69, 9.17) is 4.74 Å². The second-order valence-corrected chi connectivity index (χ2v) is 9.56. The lowest BCUT2D eigenvalue weighted by molar-refractivity contribution is -0.148. The Morgan fingerprint density at radius 1 is 1.15 bits per heavy atom. The van der Waals surface area contributed by atoms with Crippen LogP contribution in [-0.4, -0.2) is 55.5 Å². The lowest BCUT2D eigenvalue weighted by atomic mass is 9.80. The summed E-state index contributed by atoms with van der Waals surface area (Å²) in [7, 11) is -3.58. The predicted octanol–water partition coefficient (Wildman–Crippen LogP) is 1.70. The fourth-order valence-corrected chi connectivity index (χ4v) is 6.01. The number of piperidine rings is 2. The number of hydrogen-bond donors (Lipinski definition) is 1. The highest BCUT2D eigenvalue weighted by Crippen LogP contribution is 2.36. The molecule has 4 rings (SSSR count). The van der Waals surface area contributed by atoms with Crippen molar-refractivity contribution in [3.8, 4) is 0 Å². The van der Waals surface area contributed by atoms with Crippen LogP contribution in [0.3, 0.4) is 0 Å². The Morgan fingerprint density at radius 3 is 2.48 bits per heavy atom. The van der Waals surface area contributed by atoms with Gasteiger partial charge in [0.15, 0.2) is 0 Å². The molecular weight excluding hydrogens is 366 g/mol. The van der Waals surface area contributed by atoms with Crippen molar-refractivity contribution in [1.82, 2.24) is 14.6 Å². The Kier molecular flexibility index (Phi) is 5.48. The van der Waals surface area contributed by atoms with E-state index in [2.05, 4.69) is 14.6 Å². The molecule has 3 aliphatic heterocycles. The zero-order chi connectivity index (χ0) is 18.9. The van der Waals surface area contributed by atoms with Crippen molar-refractivity contribution >= 4 is 15.9 Å². The number of ether oxygens (including phenoxy) is 1. The first kappa shape index (κ1) is 18.8. The summed E-state index contributed by atoms with van der Waals surface area (Å²) < 4.78 is 33.5. The van der Waals surface area contributed by atoms with Gasteiger partial charge in [0.05, 0.1) is 0 Å². The number of rotatable bonds is 4. The molecule has 8 heteroatoms. The Labute approximate surface area is 160 Å². The summed E-state index contributed by atoms with van der Waals surface area (Å²) in [5.74, 6) is 0.312. The van der Waals surface area contributed by atoms with Crippen LogP contribution in [0.2, 0.25) is 0 Å². The minimum absolute atomic E-state index is 0.0606. The molecule has 0 radical (unpaired) electrons. The molecule has 7 nitrogen and oxygen atoms in total. The molecule has 1 N–H and O–H groups in total. The van der Waals surface area contributed by atoms with Crippen molar-refractivity contribution in [2.45, 2.75) is 68.0 Å². The van der Waals surface area contributed by atoms with Gasteiger partial charge in [-0.1, -0.05) is 0 Å². The van der Waals surface area contributed by atoms with Crippen LogP contribution in [0.4, 0.5) is 0 Å². The quantitative estimate of drug-likeness (QED) is 0.841. The molecule has 4 heterocycles. The monoisotopic (exact) mass is 393 g/mol. The fourth-order valence-electron chi connectivity index (χ4n) is 4.79. The summed E-state index contributed by atoms with van der Waals surface area (Å²) >= 11 is 0. The number of pyridine rings is 1. The van der Waals surface area contributed by atoms with Gasteiger partial charge >= 0.3 is 0 Å². The number of nitrogens with zero attached hydrogens (tertiary/aromatic N) is 2. The number of aromatic nitrogens is 1. The van der Waals surface area contributed by atoms with Gasteiger partial charge < -0.3 is 9.64 Å². The molecule has 27 heavy (non-hydrogen) atoms. The molecule has 1 amide bonds. The Morgan fingerprint density at radius 2 is 1.85 bits per heavy atom. The molecule has 3 aliphatic rings. The molecule has 2 bridgehead atoms.